The summed E-state index contributed by atoms with van der Waals surface area (Å²) in [6.07, 6.45) is 6.99. The summed E-state index contributed by atoms with van der Waals surface area (Å²) < 4.78 is 16.0. The lowest BCUT2D eigenvalue weighted by atomic mass is 10.0. The number of pyridine rings is 1. The third kappa shape index (κ3) is 3.82. The highest BCUT2D eigenvalue weighted by Gasteiger charge is 2.35. The highest BCUT2D eigenvalue weighted by Crippen LogP contribution is 2.40. The van der Waals surface area contributed by atoms with Crippen LogP contribution >= 0.6 is 23.2 Å². The topological polar surface area (TPSA) is 127 Å². The van der Waals surface area contributed by atoms with Crippen LogP contribution in [0.15, 0.2) is 53.9 Å². The minimum atomic E-state index is -0.723. The maximum atomic E-state index is 14.4. The molecule has 1 fully saturated rings. The molecule has 1 saturated heterocycles. The van der Waals surface area contributed by atoms with E-state index in [1.54, 1.807) is 10.7 Å². The van der Waals surface area contributed by atoms with Gasteiger partial charge in [0, 0.05) is 23.2 Å². The van der Waals surface area contributed by atoms with Gasteiger partial charge in [0.05, 0.1) is 23.3 Å². The minimum Gasteiger partial charge on any atom is -0.384 e. The summed E-state index contributed by atoms with van der Waals surface area (Å²) in [7, 11) is 0. The van der Waals surface area contributed by atoms with Crippen LogP contribution in [-0.2, 0) is 0 Å². The number of nitrogen functional groups attached to an aromatic ring is 1. The van der Waals surface area contributed by atoms with E-state index in [4.69, 9.17) is 33.9 Å². The van der Waals surface area contributed by atoms with Gasteiger partial charge in [0.2, 0.25) is 5.95 Å². The maximum Gasteiger partial charge on any atom is 0.224 e. The number of aromatic amines is 1. The quantitative estimate of drug-likeness (QED) is 0.392. The van der Waals surface area contributed by atoms with Crippen molar-refractivity contribution in [3.05, 3.63) is 76.4 Å². The number of tetrazole rings is 1. The van der Waals surface area contributed by atoms with E-state index in [0.29, 0.717) is 16.5 Å². The number of benzene rings is 1. The number of rotatable bonds is 4. The van der Waals surface area contributed by atoms with E-state index >= 15 is 0 Å². The van der Waals surface area contributed by atoms with Crippen LogP contribution in [0.5, 0.6) is 0 Å². The molecule has 1 unspecified atom stereocenters. The second kappa shape index (κ2) is 8.43. The first-order chi connectivity index (χ1) is 17.0. The number of nitrogens with zero attached hydrogens (tertiary/aromatic N) is 8. The van der Waals surface area contributed by atoms with Gasteiger partial charge in [-0.2, -0.15) is 4.39 Å². The van der Waals surface area contributed by atoms with Crippen LogP contribution < -0.4 is 5.73 Å². The molecule has 10 nitrogen and oxygen atoms in total. The summed E-state index contributed by atoms with van der Waals surface area (Å²) in [5.41, 5.74) is 7.71. The number of hydrogen-bond acceptors (Lipinski definition) is 8. The Bertz CT molecular complexity index is 1480. The van der Waals surface area contributed by atoms with Crippen molar-refractivity contribution in [1.82, 2.24) is 40.1 Å². The van der Waals surface area contributed by atoms with E-state index < -0.39 is 5.95 Å². The molecule has 0 amide bonds. The second-order valence-corrected chi connectivity index (χ2v) is 8.92. The molecule has 4 aromatic rings. The molecule has 2 aliphatic heterocycles. The van der Waals surface area contributed by atoms with E-state index in [-0.39, 0.29) is 28.6 Å². The number of anilines is 1. The molecule has 13 heteroatoms. The Kier molecular flexibility index (Phi) is 5.23. The van der Waals surface area contributed by atoms with Crippen molar-refractivity contribution in [2.75, 3.05) is 5.73 Å². The fourth-order valence-corrected chi connectivity index (χ4v) is 4.85. The normalized spacial score (nSPS) is 19.2. The van der Waals surface area contributed by atoms with Gasteiger partial charge in [-0.05, 0) is 53.3 Å². The molecule has 1 aromatic carbocycles. The molecule has 2 aliphatic rings. The Labute approximate surface area is 208 Å². The fourth-order valence-electron chi connectivity index (χ4n) is 4.43. The largest absolute Gasteiger partial charge is 0.384 e. The smallest absolute Gasteiger partial charge is 0.224 e. The number of imidazole rings is 1. The average Bonchev–Trinajstić information content (AvgIpc) is 3.59. The first-order valence-electron chi connectivity index (χ1n) is 10.7. The molecule has 3 aromatic heterocycles. The fraction of sp³-hybridized carbons (Fsp3) is 0.182. The lowest BCUT2D eigenvalue weighted by Gasteiger charge is -2.27. The summed E-state index contributed by atoms with van der Waals surface area (Å²) in [5.74, 6) is 0.885. The zero-order valence-electron chi connectivity index (χ0n) is 18.0. The third-order valence-corrected chi connectivity index (χ3v) is 6.52. The van der Waals surface area contributed by atoms with Gasteiger partial charge in [0.25, 0.3) is 0 Å². The lowest BCUT2D eigenvalue weighted by Crippen LogP contribution is -2.26. The highest BCUT2D eigenvalue weighted by atomic mass is 35.5. The lowest BCUT2D eigenvalue weighted by molar-refractivity contribution is 0.419. The van der Waals surface area contributed by atoms with E-state index in [9.17, 15) is 4.39 Å². The van der Waals surface area contributed by atoms with Crippen LogP contribution in [-0.4, -0.2) is 45.9 Å². The molecular weight excluding hydrogens is 494 g/mol. The van der Waals surface area contributed by atoms with Crippen molar-refractivity contribution < 1.29 is 4.39 Å². The van der Waals surface area contributed by atoms with Gasteiger partial charge in [-0.1, -0.05) is 23.2 Å². The number of fused-ring (bicyclic) bond motifs is 1. The average molecular weight is 511 g/mol. The summed E-state index contributed by atoms with van der Waals surface area (Å²) in [4.78, 5) is 18.4. The zero-order chi connectivity index (χ0) is 24.1. The van der Waals surface area contributed by atoms with E-state index in [1.807, 2.05) is 29.3 Å². The molecule has 0 bridgehead atoms. The van der Waals surface area contributed by atoms with Gasteiger partial charge < -0.3 is 15.6 Å². The van der Waals surface area contributed by atoms with Crippen LogP contribution in [0.25, 0.3) is 16.9 Å². The molecule has 5 heterocycles. The predicted octanol–water partition coefficient (Wildman–Crippen LogP) is 4.28. The van der Waals surface area contributed by atoms with Crippen molar-refractivity contribution in [2.45, 2.75) is 24.9 Å². The summed E-state index contributed by atoms with van der Waals surface area (Å²) in [5, 5.41) is 12.3. The summed E-state index contributed by atoms with van der Waals surface area (Å²) in [6.45, 7) is 0. The first kappa shape index (κ1) is 21.7. The predicted molar refractivity (Wildman–Crippen MR) is 128 cm³/mol. The molecule has 0 aliphatic carbocycles. The van der Waals surface area contributed by atoms with Gasteiger partial charge in [0.15, 0.2) is 0 Å². The number of H-pyrrole nitrogens is 1. The number of nitrogens with one attached hydrogen (secondary N) is 1. The Hall–Kier alpha value is -3.83. The number of halogens is 3. The molecule has 0 spiro atoms. The molecule has 0 radical (unpaired) electrons. The van der Waals surface area contributed by atoms with Gasteiger partial charge in [-0.3, -0.25) is 4.99 Å². The van der Waals surface area contributed by atoms with E-state index in [2.05, 4.69) is 30.5 Å². The van der Waals surface area contributed by atoms with Crippen molar-refractivity contribution in [3.8, 4) is 16.9 Å². The highest BCUT2D eigenvalue weighted by molar-refractivity contribution is 6.32. The van der Waals surface area contributed by atoms with Crippen LogP contribution in [0, 0.1) is 5.95 Å². The SMILES string of the molecule is Nc1ccc(-c2nc([C@@H]3CCC4=NC(c5cc(Cl)ccc5-n5cnnn5)C=CN43)[nH]c2Cl)c(F)n1. The monoisotopic (exact) mass is 510 g/mol. The van der Waals surface area contributed by atoms with Crippen molar-refractivity contribution >= 4 is 34.9 Å². The molecular formula is C22H17Cl2FN10. The minimum absolute atomic E-state index is 0.0886. The standard InChI is InChI=1S/C22H17Cl2FN10/c23-11-1-3-15(35-10-27-32-33-35)13(9-11)14-7-8-34-16(4-6-18(34)28-14)22-30-19(20(24)31-22)12-2-5-17(26)29-21(12)25/h1-3,5,7-10,14,16H,4,6H2,(H2,26,29)(H,30,31)/t14?,16-/m0/s1. The van der Waals surface area contributed by atoms with Crippen molar-refractivity contribution in [3.63, 3.8) is 0 Å². The first-order valence-corrected chi connectivity index (χ1v) is 11.5. The number of amidine groups is 1. The number of aromatic nitrogens is 7. The Balaban J connectivity index is 1.30. The van der Waals surface area contributed by atoms with E-state index in [1.165, 1.54) is 18.5 Å². The third-order valence-electron chi connectivity index (χ3n) is 6.02. The number of nitrogens with two attached hydrogens (primary N) is 1. The van der Waals surface area contributed by atoms with Crippen molar-refractivity contribution in [2.24, 2.45) is 4.99 Å². The maximum absolute atomic E-state index is 14.4. The van der Waals surface area contributed by atoms with Crippen LogP contribution in [0.4, 0.5) is 10.2 Å². The molecule has 6 rings (SSSR count). The Morgan fingerprint density at radius 3 is 2.83 bits per heavy atom. The number of hydrogen-bond donors (Lipinski definition) is 2. The van der Waals surface area contributed by atoms with Gasteiger partial charge in [0.1, 0.15) is 34.7 Å². The second-order valence-electron chi connectivity index (χ2n) is 8.11. The van der Waals surface area contributed by atoms with Gasteiger partial charge in [-0.15, -0.1) is 5.10 Å². The van der Waals surface area contributed by atoms with Crippen LogP contribution in [0.3, 0.4) is 0 Å². The molecule has 0 saturated carbocycles. The zero-order valence-corrected chi connectivity index (χ0v) is 19.5. The number of aliphatic imine (C=N–C) groups is 1. The Morgan fingerprint density at radius 2 is 2.03 bits per heavy atom. The molecule has 3 N–H and O–H groups in total. The van der Waals surface area contributed by atoms with E-state index in [0.717, 1.165) is 29.9 Å². The molecule has 2 atom stereocenters. The van der Waals surface area contributed by atoms with Crippen molar-refractivity contribution in [1.29, 1.82) is 0 Å². The van der Waals surface area contributed by atoms with Crippen LogP contribution in [0.2, 0.25) is 10.2 Å². The van der Waals surface area contributed by atoms with Crippen LogP contribution in [0.1, 0.15) is 36.3 Å². The van der Waals surface area contributed by atoms with Gasteiger partial charge in [-0.25, -0.2) is 14.6 Å². The van der Waals surface area contributed by atoms with Gasteiger partial charge >= 0.3 is 0 Å². The Morgan fingerprint density at radius 1 is 1.14 bits per heavy atom. The summed E-state index contributed by atoms with van der Waals surface area (Å²) in [6, 6.07) is 8.16. The molecule has 176 valence electrons. The molecule has 35 heavy (non-hydrogen) atoms. The summed E-state index contributed by atoms with van der Waals surface area (Å²) >= 11 is 12.7.